The van der Waals surface area contributed by atoms with Gasteiger partial charge in [0.05, 0.1) is 5.56 Å². The molecule has 0 amide bonds. The Labute approximate surface area is 122 Å². The summed E-state index contributed by atoms with van der Waals surface area (Å²) >= 11 is 3.38. The van der Waals surface area contributed by atoms with E-state index in [2.05, 4.69) is 20.8 Å². The molecule has 19 heavy (non-hydrogen) atoms. The molecule has 0 radical (unpaired) electrons. The first-order chi connectivity index (χ1) is 9.16. The normalized spacial score (nSPS) is 16.3. The largest absolute Gasteiger partial charge is 0.491 e. The van der Waals surface area contributed by atoms with Crippen LogP contribution in [-0.4, -0.2) is 37.0 Å². The molecule has 1 aliphatic heterocycles. The molecule has 1 fully saturated rings. The van der Waals surface area contributed by atoms with Crippen molar-refractivity contribution in [3.63, 3.8) is 0 Å². The van der Waals surface area contributed by atoms with Gasteiger partial charge < -0.3 is 10.5 Å². The summed E-state index contributed by atoms with van der Waals surface area (Å²) in [6, 6.07) is 5.58. The maximum absolute atomic E-state index is 7.57. The molecule has 0 aliphatic carbocycles. The predicted molar refractivity (Wildman–Crippen MR) is 80.9 cm³/mol. The molecule has 0 atom stereocenters. The lowest BCUT2D eigenvalue weighted by Crippen LogP contribution is -2.33. The molecule has 0 aromatic heterocycles. The van der Waals surface area contributed by atoms with E-state index in [4.69, 9.17) is 15.9 Å². The van der Waals surface area contributed by atoms with Crippen LogP contribution in [0.2, 0.25) is 0 Å². The second-order valence-corrected chi connectivity index (χ2v) is 5.72. The number of nitrogens with one attached hydrogen (secondary N) is 1. The molecule has 0 spiro atoms. The van der Waals surface area contributed by atoms with Crippen LogP contribution >= 0.6 is 15.9 Å². The van der Waals surface area contributed by atoms with Crippen LogP contribution in [0, 0.1) is 5.41 Å². The molecule has 0 unspecified atom stereocenters. The summed E-state index contributed by atoms with van der Waals surface area (Å²) in [5, 5.41) is 7.57. The Morgan fingerprint density at radius 3 is 2.74 bits per heavy atom. The molecule has 3 N–H and O–H groups in total. The number of rotatable bonds is 5. The smallest absolute Gasteiger partial charge is 0.130 e. The van der Waals surface area contributed by atoms with Gasteiger partial charge in [0.1, 0.15) is 18.2 Å². The molecule has 5 heteroatoms. The SMILES string of the molecule is N=C(N)c1cc(Br)ccc1OCCN1CCCCC1. The maximum atomic E-state index is 7.57. The summed E-state index contributed by atoms with van der Waals surface area (Å²) in [4.78, 5) is 2.43. The molecule has 0 bridgehead atoms. The summed E-state index contributed by atoms with van der Waals surface area (Å²) in [6.45, 7) is 3.92. The van der Waals surface area contributed by atoms with Crippen LogP contribution in [-0.2, 0) is 0 Å². The standard InChI is InChI=1S/C14H20BrN3O/c15-11-4-5-13(12(10-11)14(16)17)19-9-8-18-6-2-1-3-7-18/h4-5,10H,1-3,6-9H2,(H3,16,17). The molecule has 1 aromatic rings. The minimum Gasteiger partial charge on any atom is -0.491 e. The van der Waals surface area contributed by atoms with Crippen LogP contribution in [0.25, 0.3) is 0 Å². The zero-order valence-corrected chi connectivity index (χ0v) is 12.6. The van der Waals surface area contributed by atoms with Gasteiger partial charge in [0, 0.05) is 11.0 Å². The number of piperidine rings is 1. The average Bonchev–Trinajstić information content (AvgIpc) is 2.41. The van der Waals surface area contributed by atoms with Crippen LogP contribution in [0.1, 0.15) is 24.8 Å². The van der Waals surface area contributed by atoms with Gasteiger partial charge in [0.2, 0.25) is 0 Å². The Kier molecular flexibility index (Phi) is 5.22. The van der Waals surface area contributed by atoms with E-state index < -0.39 is 0 Å². The number of nitrogens with two attached hydrogens (primary N) is 1. The number of hydrogen-bond donors (Lipinski definition) is 2. The average molecular weight is 326 g/mol. The van der Waals surface area contributed by atoms with Gasteiger partial charge in [-0.15, -0.1) is 0 Å². The lowest BCUT2D eigenvalue weighted by atomic mass is 10.1. The van der Waals surface area contributed by atoms with Crippen molar-refractivity contribution in [2.75, 3.05) is 26.2 Å². The number of halogens is 1. The summed E-state index contributed by atoms with van der Waals surface area (Å²) in [5.74, 6) is 0.724. The van der Waals surface area contributed by atoms with Crippen LogP contribution in [0.15, 0.2) is 22.7 Å². The van der Waals surface area contributed by atoms with E-state index in [1.807, 2.05) is 18.2 Å². The number of benzene rings is 1. The van der Waals surface area contributed by atoms with Crippen LogP contribution in [0.4, 0.5) is 0 Å². The number of hydrogen-bond acceptors (Lipinski definition) is 3. The topological polar surface area (TPSA) is 62.3 Å². The fourth-order valence-electron chi connectivity index (χ4n) is 2.31. The lowest BCUT2D eigenvalue weighted by molar-refractivity contribution is 0.183. The summed E-state index contributed by atoms with van der Waals surface area (Å²) in [5.41, 5.74) is 6.22. The van der Waals surface area contributed by atoms with Gasteiger partial charge in [0.15, 0.2) is 0 Å². The van der Waals surface area contributed by atoms with E-state index in [1.54, 1.807) is 0 Å². The second kappa shape index (κ2) is 6.91. The summed E-state index contributed by atoms with van der Waals surface area (Å²) in [7, 11) is 0. The van der Waals surface area contributed by atoms with E-state index in [-0.39, 0.29) is 5.84 Å². The maximum Gasteiger partial charge on any atom is 0.130 e. The van der Waals surface area contributed by atoms with Gasteiger partial charge in [-0.1, -0.05) is 22.4 Å². The van der Waals surface area contributed by atoms with Gasteiger partial charge in [-0.2, -0.15) is 0 Å². The fraction of sp³-hybridized carbons (Fsp3) is 0.500. The molecule has 1 heterocycles. The Hall–Kier alpha value is -1.07. The molecule has 2 rings (SSSR count). The van der Waals surface area contributed by atoms with E-state index in [0.717, 1.165) is 11.0 Å². The summed E-state index contributed by atoms with van der Waals surface area (Å²) < 4.78 is 6.68. The first-order valence-electron chi connectivity index (χ1n) is 6.66. The monoisotopic (exact) mass is 325 g/mol. The fourth-order valence-corrected chi connectivity index (χ4v) is 2.67. The molecule has 104 valence electrons. The van der Waals surface area contributed by atoms with Gasteiger partial charge >= 0.3 is 0 Å². The molecule has 1 aromatic carbocycles. The molecular weight excluding hydrogens is 306 g/mol. The Morgan fingerprint density at radius 1 is 1.32 bits per heavy atom. The van der Waals surface area contributed by atoms with Crippen molar-refractivity contribution in [2.24, 2.45) is 5.73 Å². The quantitative estimate of drug-likeness (QED) is 0.646. The molecule has 1 aliphatic rings. The second-order valence-electron chi connectivity index (χ2n) is 4.80. The van der Waals surface area contributed by atoms with Gasteiger partial charge in [-0.3, -0.25) is 10.3 Å². The number of nitrogen functional groups attached to an aromatic ring is 1. The Balaban J connectivity index is 1.89. The molecule has 1 saturated heterocycles. The Bertz CT molecular complexity index is 444. The number of nitrogens with zero attached hydrogens (tertiary/aromatic N) is 1. The van der Waals surface area contributed by atoms with E-state index >= 15 is 0 Å². The number of ether oxygens (including phenoxy) is 1. The summed E-state index contributed by atoms with van der Waals surface area (Å²) in [6.07, 6.45) is 3.92. The zero-order chi connectivity index (χ0) is 13.7. The van der Waals surface area contributed by atoms with Gasteiger partial charge in [-0.25, -0.2) is 0 Å². The third-order valence-electron chi connectivity index (χ3n) is 3.35. The third-order valence-corrected chi connectivity index (χ3v) is 3.84. The highest BCUT2D eigenvalue weighted by Gasteiger charge is 2.11. The van der Waals surface area contributed by atoms with Crippen molar-refractivity contribution in [1.82, 2.24) is 4.90 Å². The zero-order valence-electron chi connectivity index (χ0n) is 11.0. The van der Waals surface area contributed by atoms with Crippen LogP contribution < -0.4 is 10.5 Å². The van der Waals surface area contributed by atoms with Crippen molar-refractivity contribution < 1.29 is 4.74 Å². The highest BCUT2D eigenvalue weighted by Crippen LogP contribution is 2.22. The number of amidine groups is 1. The first kappa shape index (κ1) is 14.3. The third kappa shape index (κ3) is 4.21. The number of likely N-dealkylation sites (tertiary alicyclic amines) is 1. The Morgan fingerprint density at radius 2 is 2.05 bits per heavy atom. The highest BCUT2D eigenvalue weighted by molar-refractivity contribution is 9.10. The minimum absolute atomic E-state index is 0.0364. The van der Waals surface area contributed by atoms with Crippen molar-refractivity contribution in [1.29, 1.82) is 5.41 Å². The van der Waals surface area contributed by atoms with Crippen LogP contribution in [0.5, 0.6) is 5.75 Å². The molecule has 4 nitrogen and oxygen atoms in total. The minimum atomic E-state index is 0.0364. The van der Waals surface area contributed by atoms with Crippen molar-refractivity contribution >= 4 is 21.8 Å². The van der Waals surface area contributed by atoms with E-state index in [0.29, 0.717) is 17.9 Å². The predicted octanol–water partition coefficient (Wildman–Crippen LogP) is 2.60. The van der Waals surface area contributed by atoms with Gasteiger partial charge in [-0.05, 0) is 44.1 Å². The molecular formula is C14H20BrN3O. The first-order valence-corrected chi connectivity index (χ1v) is 7.45. The van der Waals surface area contributed by atoms with Crippen LogP contribution in [0.3, 0.4) is 0 Å². The molecule has 0 saturated carbocycles. The lowest BCUT2D eigenvalue weighted by Gasteiger charge is -2.26. The van der Waals surface area contributed by atoms with Crippen molar-refractivity contribution in [3.8, 4) is 5.75 Å². The van der Waals surface area contributed by atoms with Gasteiger partial charge in [0.25, 0.3) is 0 Å². The highest BCUT2D eigenvalue weighted by atomic mass is 79.9. The van der Waals surface area contributed by atoms with E-state index in [1.165, 1.54) is 32.4 Å². The van der Waals surface area contributed by atoms with Crippen molar-refractivity contribution in [3.05, 3.63) is 28.2 Å². The van der Waals surface area contributed by atoms with Crippen molar-refractivity contribution in [2.45, 2.75) is 19.3 Å². The van der Waals surface area contributed by atoms with E-state index in [9.17, 15) is 0 Å².